The van der Waals surface area contributed by atoms with Crippen LogP contribution in [0.25, 0.3) is 0 Å². The van der Waals surface area contributed by atoms with E-state index < -0.39 is 5.91 Å². The maximum Gasteiger partial charge on any atom is 0.255 e. The van der Waals surface area contributed by atoms with Gasteiger partial charge in [0.25, 0.3) is 5.91 Å². The van der Waals surface area contributed by atoms with Crippen molar-refractivity contribution in [1.29, 1.82) is 0 Å². The van der Waals surface area contributed by atoms with Gasteiger partial charge in [0.1, 0.15) is 10.6 Å². The minimum atomic E-state index is -0.553. The van der Waals surface area contributed by atoms with E-state index >= 15 is 0 Å². The fourth-order valence-corrected chi connectivity index (χ4v) is 3.67. The van der Waals surface area contributed by atoms with Crippen molar-refractivity contribution in [3.8, 4) is 0 Å². The number of nitrogens with one attached hydrogen (secondary N) is 1. The summed E-state index contributed by atoms with van der Waals surface area (Å²) in [5.74, 6) is -0.364. The molecule has 2 aromatic heterocycles. The number of halogens is 1. The Labute approximate surface area is 120 Å². The van der Waals surface area contributed by atoms with Gasteiger partial charge < -0.3 is 16.8 Å². The quantitative estimate of drug-likeness (QED) is 0.774. The number of rotatable bonds is 5. The third-order valence-electron chi connectivity index (χ3n) is 2.25. The summed E-state index contributed by atoms with van der Waals surface area (Å²) in [7, 11) is 0. The zero-order valence-corrected chi connectivity index (χ0v) is 12.5. The van der Waals surface area contributed by atoms with Gasteiger partial charge in [-0.25, -0.2) is 0 Å². The molecule has 0 aromatic carbocycles. The molecule has 0 unspecified atom stereocenters. The molecule has 5 nitrogen and oxygen atoms in total. The Hall–Kier alpha value is -1.12. The number of nitrogens with two attached hydrogens (primary N) is 2. The summed E-state index contributed by atoms with van der Waals surface area (Å²) >= 11 is 6.25. The summed E-state index contributed by atoms with van der Waals surface area (Å²) in [5, 5.41) is 3.77. The topological polar surface area (TPSA) is 94.0 Å². The number of aromatic nitrogens is 1. The van der Waals surface area contributed by atoms with Gasteiger partial charge in [-0.2, -0.15) is 4.37 Å². The van der Waals surface area contributed by atoms with Crippen molar-refractivity contribution in [2.45, 2.75) is 6.42 Å². The van der Waals surface area contributed by atoms with E-state index in [-0.39, 0.29) is 11.4 Å². The van der Waals surface area contributed by atoms with E-state index in [1.807, 2.05) is 6.07 Å². The van der Waals surface area contributed by atoms with Gasteiger partial charge in [-0.1, -0.05) is 0 Å². The van der Waals surface area contributed by atoms with E-state index in [1.165, 1.54) is 4.88 Å². The number of amides is 1. The standard InChI is InChI=1S/C10H11BrN4OS2/c11-6-2-1-5(17-6)3-4-14-10-7(9(13)16)8(12)15-18-10/h1-2,14H,3-4H2,(H2,12,15)(H2,13,16). The number of primary amides is 1. The Balaban J connectivity index is 1.96. The molecule has 0 aliphatic heterocycles. The minimum absolute atomic E-state index is 0.189. The Morgan fingerprint density at radius 2 is 2.28 bits per heavy atom. The lowest BCUT2D eigenvalue weighted by atomic mass is 10.3. The molecule has 0 radical (unpaired) electrons. The fourth-order valence-electron chi connectivity index (χ4n) is 1.45. The average molecular weight is 347 g/mol. The van der Waals surface area contributed by atoms with Crippen LogP contribution in [-0.4, -0.2) is 16.8 Å². The van der Waals surface area contributed by atoms with Crippen LogP contribution >= 0.6 is 38.8 Å². The van der Waals surface area contributed by atoms with Gasteiger partial charge in [0.15, 0.2) is 5.82 Å². The number of thiophene rings is 1. The second-order valence-electron chi connectivity index (χ2n) is 3.52. The van der Waals surface area contributed by atoms with Crippen LogP contribution < -0.4 is 16.8 Å². The molecular weight excluding hydrogens is 336 g/mol. The summed E-state index contributed by atoms with van der Waals surface area (Å²) in [6.45, 7) is 0.703. The van der Waals surface area contributed by atoms with Gasteiger partial charge in [0.2, 0.25) is 0 Å². The van der Waals surface area contributed by atoms with Crippen LogP contribution in [0.1, 0.15) is 15.2 Å². The fraction of sp³-hybridized carbons (Fsp3) is 0.200. The first-order valence-electron chi connectivity index (χ1n) is 5.11. The van der Waals surface area contributed by atoms with E-state index in [0.717, 1.165) is 21.7 Å². The van der Waals surface area contributed by atoms with E-state index in [1.54, 1.807) is 11.3 Å². The zero-order chi connectivity index (χ0) is 13.1. The second-order valence-corrected chi connectivity index (χ2v) is 6.84. The normalized spacial score (nSPS) is 10.5. The number of carbonyl (C=O) groups excluding carboxylic acids is 1. The summed E-state index contributed by atoms with van der Waals surface area (Å²) in [6.07, 6.45) is 0.867. The average Bonchev–Trinajstić information content (AvgIpc) is 2.86. The third kappa shape index (κ3) is 3.01. The van der Waals surface area contributed by atoms with E-state index in [0.29, 0.717) is 11.5 Å². The highest BCUT2D eigenvalue weighted by Crippen LogP contribution is 2.26. The van der Waals surface area contributed by atoms with Gasteiger partial charge in [0, 0.05) is 11.4 Å². The van der Waals surface area contributed by atoms with Crippen LogP contribution in [0.5, 0.6) is 0 Å². The van der Waals surface area contributed by atoms with Crippen molar-refractivity contribution < 1.29 is 4.79 Å². The summed E-state index contributed by atoms with van der Waals surface area (Å²) < 4.78 is 5.03. The van der Waals surface area contributed by atoms with E-state index in [9.17, 15) is 4.79 Å². The molecule has 2 heterocycles. The lowest BCUT2D eigenvalue weighted by molar-refractivity contribution is 0.100. The van der Waals surface area contributed by atoms with Crippen molar-refractivity contribution in [3.05, 3.63) is 26.4 Å². The second kappa shape index (κ2) is 5.68. The Kier molecular flexibility index (Phi) is 4.20. The molecule has 2 aromatic rings. The molecule has 18 heavy (non-hydrogen) atoms. The first kappa shape index (κ1) is 13.3. The zero-order valence-electron chi connectivity index (χ0n) is 9.27. The summed E-state index contributed by atoms with van der Waals surface area (Å²) in [4.78, 5) is 12.5. The summed E-state index contributed by atoms with van der Waals surface area (Å²) in [6, 6.07) is 4.08. The monoisotopic (exact) mass is 346 g/mol. The molecular formula is C10H11BrN4OS2. The molecule has 0 aliphatic rings. The largest absolute Gasteiger partial charge is 0.382 e. The molecule has 0 bridgehead atoms. The van der Waals surface area contributed by atoms with Gasteiger partial charge >= 0.3 is 0 Å². The smallest absolute Gasteiger partial charge is 0.255 e. The molecule has 5 N–H and O–H groups in total. The van der Waals surface area contributed by atoms with Gasteiger partial charge in [-0.3, -0.25) is 4.79 Å². The highest BCUT2D eigenvalue weighted by atomic mass is 79.9. The Morgan fingerprint density at radius 1 is 1.50 bits per heavy atom. The van der Waals surface area contributed by atoms with Crippen LogP contribution in [0.3, 0.4) is 0 Å². The molecule has 2 rings (SSSR count). The molecule has 0 saturated heterocycles. The lowest BCUT2D eigenvalue weighted by Gasteiger charge is -2.03. The number of carbonyl (C=O) groups is 1. The van der Waals surface area contributed by atoms with E-state index in [4.69, 9.17) is 11.5 Å². The van der Waals surface area contributed by atoms with Crippen molar-refractivity contribution in [2.24, 2.45) is 5.73 Å². The number of nitrogen functional groups attached to an aromatic ring is 1. The predicted octanol–water partition coefficient (Wildman–Crippen LogP) is 2.30. The molecule has 0 saturated carbocycles. The molecule has 96 valence electrons. The molecule has 0 spiro atoms. The van der Waals surface area contributed by atoms with Crippen LogP contribution in [0.4, 0.5) is 10.8 Å². The predicted molar refractivity (Wildman–Crippen MR) is 79.3 cm³/mol. The first-order chi connectivity index (χ1) is 8.58. The molecule has 0 fully saturated rings. The highest BCUT2D eigenvalue weighted by molar-refractivity contribution is 9.11. The molecule has 8 heteroatoms. The van der Waals surface area contributed by atoms with Crippen molar-refractivity contribution >= 4 is 55.5 Å². The number of anilines is 2. The third-order valence-corrected chi connectivity index (χ3v) is 4.75. The Bertz CT molecular complexity index is 566. The molecule has 0 atom stereocenters. The van der Waals surface area contributed by atoms with Crippen molar-refractivity contribution in [1.82, 2.24) is 4.37 Å². The maximum atomic E-state index is 11.2. The first-order valence-corrected chi connectivity index (χ1v) is 7.49. The van der Waals surface area contributed by atoms with E-state index in [2.05, 4.69) is 31.7 Å². The van der Waals surface area contributed by atoms with Crippen LogP contribution in [0.15, 0.2) is 15.9 Å². The SMILES string of the molecule is NC(=O)c1c(N)nsc1NCCc1ccc(Br)s1. The number of nitrogens with zero attached hydrogens (tertiary/aromatic N) is 1. The minimum Gasteiger partial charge on any atom is -0.382 e. The van der Waals surface area contributed by atoms with Crippen molar-refractivity contribution in [3.63, 3.8) is 0 Å². The molecule has 1 amide bonds. The maximum absolute atomic E-state index is 11.2. The van der Waals surface area contributed by atoms with Gasteiger partial charge in [-0.15, -0.1) is 11.3 Å². The van der Waals surface area contributed by atoms with Crippen LogP contribution in [-0.2, 0) is 6.42 Å². The highest BCUT2D eigenvalue weighted by Gasteiger charge is 2.16. The van der Waals surface area contributed by atoms with Crippen molar-refractivity contribution in [2.75, 3.05) is 17.6 Å². The number of hydrogen-bond donors (Lipinski definition) is 3. The van der Waals surface area contributed by atoms with Crippen LogP contribution in [0, 0.1) is 0 Å². The number of hydrogen-bond acceptors (Lipinski definition) is 6. The van der Waals surface area contributed by atoms with Gasteiger partial charge in [-0.05, 0) is 46.0 Å². The lowest BCUT2D eigenvalue weighted by Crippen LogP contribution is -2.15. The Morgan fingerprint density at radius 3 is 2.89 bits per heavy atom. The summed E-state index contributed by atoms with van der Waals surface area (Å²) in [5.41, 5.74) is 11.1. The van der Waals surface area contributed by atoms with Gasteiger partial charge in [0.05, 0.1) is 3.79 Å². The van der Waals surface area contributed by atoms with Crippen LogP contribution in [0.2, 0.25) is 0 Å². The molecule has 0 aliphatic carbocycles.